The highest BCUT2D eigenvalue weighted by atomic mass is 16.6. The van der Waals surface area contributed by atoms with Crippen LogP contribution in [0.15, 0.2) is 18.3 Å². The number of carboxylic acids is 1. The number of piperidine rings is 1. The molecule has 25 heavy (non-hydrogen) atoms. The molecule has 1 aliphatic rings. The zero-order chi connectivity index (χ0) is 18.6. The van der Waals surface area contributed by atoms with Gasteiger partial charge in [-0.3, -0.25) is 9.69 Å². The summed E-state index contributed by atoms with van der Waals surface area (Å²) in [5.74, 6) is -1.68. The van der Waals surface area contributed by atoms with Gasteiger partial charge in [0.1, 0.15) is 23.0 Å². The number of hydrogen-bond acceptors (Lipinski definition) is 5. The fourth-order valence-corrected chi connectivity index (χ4v) is 2.62. The van der Waals surface area contributed by atoms with Crippen LogP contribution < -0.4 is 5.32 Å². The number of nitrogens with one attached hydrogen (secondary N) is 1. The van der Waals surface area contributed by atoms with Gasteiger partial charge in [-0.2, -0.15) is 0 Å². The van der Waals surface area contributed by atoms with Gasteiger partial charge in [-0.25, -0.2) is 14.6 Å². The maximum absolute atomic E-state index is 12.6. The normalized spacial score (nSPS) is 17.7. The summed E-state index contributed by atoms with van der Waals surface area (Å²) in [5, 5.41) is 11.7. The number of nitrogens with zero attached hydrogens (tertiary/aromatic N) is 2. The number of aromatic nitrogens is 1. The lowest BCUT2D eigenvalue weighted by molar-refractivity contribution is -0.122. The molecule has 0 aliphatic carbocycles. The van der Waals surface area contributed by atoms with Crippen molar-refractivity contribution in [1.29, 1.82) is 0 Å². The first-order valence-electron chi connectivity index (χ1n) is 8.18. The van der Waals surface area contributed by atoms with Crippen LogP contribution in [-0.4, -0.2) is 51.1 Å². The van der Waals surface area contributed by atoms with Crippen LogP contribution in [0.5, 0.6) is 0 Å². The number of ether oxygens (including phenoxy) is 1. The lowest BCUT2D eigenvalue weighted by Gasteiger charge is -2.35. The van der Waals surface area contributed by atoms with Gasteiger partial charge in [0, 0.05) is 12.7 Å². The van der Waals surface area contributed by atoms with Crippen molar-refractivity contribution in [1.82, 2.24) is 9.88 Å². The SMILES string of the molecule is CC(C)(C)OC(=O)N1CCCCC1C(=O)Nc1ncccc1C(=O)O. The number of anilines is 1. The smallest absolute Gasteiger partial charge is 0.410 e. The predicted octanol–water partition coefficient (Wildman–Crippen LogP) is 2.51. The molecule has 1 fully saturated rings. The maximum atomic E-state index is 12.6. The van der Waals surface area contributed by atoms with E-state index in [9.17, 15) is 19.5 Å². The average Bonchev–Trinajstić information content (AvgIpc) is 2.53. The van der Waals surface area contributed by atoms with Crippen LogP contribution in [0.1, 0.15) is 50.4 Å². The van der Waals surface area contributed by atoms with E-state index >= 15 is 0 Å². The van der Waals surface area contributed by atoms with Gasteiger partial charge < -0.3 is 15.2 Å². The number of amides is 2. The minimum Gasteiger partial charge on any atom is -0.478 e. The van der Waals surface area contributed by atoms with Crippen molar-refractivity contribution < 1.29 is 24.2 Å². The summed E-state index contributed by atoms with van der Waals surface area (Å²) in [5.41, 5.74) is -0.761. The number of carboxylic acid groups (broad SMARTS) is 1. The molecule has 2 rings (SSSR count). The molecule has 2 N–H and O–H groups in total. The lowest BCUT2D eigenvalue weighted by Crippen LogP contribution is -2.51. The zero-order valence-electron chi connectivity index (χ0n) is 14.6. The summed E-state index contributed by atoms with van der Waals surface area (Å²) < 4.78 is 5.37. The maximum Gasteiger partial charge on any atom is 0.410 e. The quantitative estimate of drug-likeness (QED) is 0.868. The molecule has 0 aromatic carbocycles. The van der Waals surface area contributed by atoms with Crippen LogP contribution in [0, 0.1) is 0 Å². The summed E-state index contributed by atoms with van der Waals surface area (Å²) >= 11 is 0. The van der Waals surface area contributed by atoms with Gasteiger partial charge in [0.25, 0.3) is 0 Å². The minimum absolute atomic E-state index is 0.0327. The molecule has 8 heteroatoms. The third kappa shape index (κ3) is 4.91. The molecule has 1 aromatic rings. The van der Waals surface area contributed by atoms with Crippen LogP contribution in [0.4, 0.5) is 10.6 Å². The minimum atomic E-state index is -1.18. The average molecular weight is 349 g/mol. The van der Waals surface area contributed by atoms with Gasteiger partial charge in [0.05, 0.1) is 0 Å². The van der Waals surface area contributed by atoms with Crippen LogP contribution >= 0.6 is 0 Å². The molecule has 2 amide bonds. The Morgan fingerprint density at radius 1 is 1.32 bits per heavy atom. The van der Waals surface area contributed by atoms with E-state index in [1.54, 1.807) is 20.8 Å². The van der Waals surface area contributed by atoms with Crippen LogP contribution in [0.2, 0.25) is 0 Å². The first-order chi connectivity index (χ1) is 11.7. The van der Waals surface area contributed by atoms with Crippen molar-refractivity contribution in [3.63, 3.8) is 0 Å². The van der Waals surface area contributed by atoms with Gasteiger partial charge in [-0.1, -0.05) is 0 Å². The van der Waals surface area contributed by atoms with Crippen molar-refractivity contribution in [2.45, 2.75) is 51.7 Å². The number of likely N-dealkylation sites (tertiary alicyclic amines) is 1. The molecule has 136 valence electrons. The van der Waals surface area contributed by atoms with E-state index < -0.39 is 29.6 Å². The van der Waals surface area contributed by atoms with E-state index in [-0.39, 0.29) is 11.4 Å². The molecule has 1 unspecified atom stereocenters. The Kier molecular flexibility index (Phi) is 5.61. The van der Waals surface area contributed by atoms with Gasteiger partial charge in [-0.15, -0.1) is 0 Å². The van der Waals surface area contributed by atoms with Crippen molar-refractivity contribution in [2.24, 2.45) is 0 Å². The fourth-order valence-electron chi connectivity index (χ4n) is 2.62. The molecular formula is C17H23N3O5. The summed E-state index contributed by atoms with van der Waals surface area (Å²) in [6.45, 7) is 5.70. The van der Waals surface area contributed by atoms with Crippen molar-refractivity contribution in [3.8, 4) is 0 Å². The molecule has 2 heterocycles. The number of carbonyl (C=O) groups is 3. The highest BCUT2D eigenvalue weighted by molar-refractivity contribution is 6.01. The number of rotatable bonds is 3. The van der Waals surface area contributed by atoms with E-state index in [0.29, 0.717) is 13.0 Å². The molecule has 0 radical (unpaired) electrons. The highest BCUT2D eigenvalue weighted by Crippen LogP contribution is 2.22. The van der Waals surface area contributed by atoms with Gasteiger partial charge in [0.2, 0.25) is 5.91 Å². The molecule has 8 nitrogen and oxygen atoms in total. The second-order valence-electron chi connectivity index (χ2n) is 6.88. The van der Waals surface area contributed by atoms with Crippen molar-refractivity contribution in [2.75, 3.05) is 11.9 Å². The lowest BCUT2D eigenvalue weighted by atomic mass is 10.0. The van der Waals surface area contributed by atoms with Crippen molar-refractivity contribution >= 4 is 23.8 Å². The molecule has 1 atom stereocenters. The second-order valence-corrected chi connectivity index (χ2v) is 6.88. The Hall–Kier alpha value is -2.64. The summed E-state index contributed by atoms with van der Waals surface area (Å²) in [6, 6.07) is 2.12. The number of aromatic carboxylic acids is 1. The third-order valence-electron chi connectivity index (χ3n) is 3.71. The van der Waals surface area contributed by atoms with Gasteiger partial charge in [0.15, 0.2) is 0 Å². The Balaban J connectivity index is 2.16. The standard InChI is InChI=1S/C17H23N3O5/c1-17(2,3)25-16(24)20-10-5-4-8-12(20)14(21)19-13-11(15(22)23)7-6-9-18-13/h6-7,9,12H,4-5,8,10H2,1-3H3,(H,22,23)(H,18,19,21). The zero-order valence-corrected chi connectivity index (χ0v) is 14.6. The van der Waals surface area contributed by atoms with E-state index in [1.165, 1.54) is 23.2 Å². The second kappa shape index (κ2) is 7.50. The molecular weight excluding hydrogens is 326 g/mol. The Labute approximate surface area is 146 Å². The molecule has 1 saturated heterocycles. The van der Waals surface area contributed by atoms with Crippen molar-refractivity contribution in [3.05, 3.63) is 23.9 Å². The highest BCUT2D eigenvalue weighted by Gasteiger charge is 2.35. The fraction of sp³-hybridized carbons (Fsp3) is 0.529. The first kappa shape index (κ1) is 18.7. The topological polar surface area (TPSA) is 109 Å². The van der Waals surface area contributed by atoms with Crippen LogP contribution in [-0.2, 0) is 9.53 Å². The molecule has 1 aliphatic heterocycles. The molecule has 0 saturated carbocycles. The van der Waals surface area contributed by atoms with E-state index in [4.69, 9.17) is 4.74 Å². The predicted molar refractivity (Wildman–Crippen MR) is 90.4 cm³/mol. The summed E-state index contributed by atoms with van der Waals surface area (Å²) in [4.78, 5) is 41.5. The van der Waals surface area contributed by atoms with E-state index in [0.717, 1.165) is 12.8 Å². The molecule has 0 spiro atoms. The third-order valence-corrected chi connectivity index (χ3v) is 3.71. The Bertz CT molecular complexity index is 668. The largest absolute Gasteiger partial charge is 0.478 e. The number of hydrogen-bond donors (Lipinski definition) is 2. The van der Waals surface area contributed by atoms with E-state index in [2.05, 4.69) is 10.3 Å². The number of carbonyl (C=O) groups excluding carboxylic acids is 2. The first-order valence-corrected chi connectivity index (χ1v) is 8.18. The van der Waals surface area contributed by atoms with Gasteiger partial charge in [-0.05, 0) is 52.2 Å². The number of pyridine rings is 1. The summed E-state index contributed by atoms with van der Waals surface area (Å²) in [6.07, 6.45) is 2.92. The van der Waals surface area contributed by atoms with Crippen LogP contribution in [0.3, 0.4) is 0 Å². The Morgan fingerprint density at radius 3 is 2.68 bits per heavy atom. The Morgan fingerprint density at radius 2 is 2.04 bits per heavy atom. The summed E-state index contributed by atoms with van der Waals surface area (Å²) in [7, 11) is 0. The molecule has 1 aromatic heterocycles. The van der Waals surface area contributed by atoms with Gasteiger partial charge >= 0.3 is 12.1 Å². The van der Waals surface area contributed by atoms with Crippen LogP contribution in [0.25, 0.3) is 0 Å². The monoisotopic (exact) mass is 349 g/mol. The van der Waals surface area contributed by atoms with E-state index in [1.807, 2.05) is 0 Å². The molecule has 0 bridgehead atoms.